The van der Waals surface area contributed by atoms with Crippen molar-refractivity contribution in [2.24, 2.45) is 0 Å². The van der Waals surface area contributed by atoms with Crippen molar-refractivity contribution in [3.63, 3.8) is 0 Å². The highest BCUT2D eigenvalue weighted by atomic mass is 16.5. The van der Waals surface area contributed by atoms with Crippen LogP contribution in [-0.4, -0.2) is 49.8 Å². The van der Waals surface area contributed by atoms with Gasteiger partial charge in [-0.25, -0.2) is 15.0 Å². The molecule has 0 aliphatic rings. The molecule has 4 aromatic heterocycles. The van der Waals surface area contributed by atoms with Crippen LogP contribution in [-0.2, 0) is 6.54 Å². The third kappa shape index (κ3) is 5.64. The number of fused-ring (bicyclic) bond motifs is 2. The first kappa shape index (κ1) is 25.5. The fraction of sp³-hybridized carbons (Fsp3) is 0.167. The summed E-state index contributed by atoms with van der Waals surface area (Å²) in [4.78, 5) is 13.3. The molecule has 0 saturated carbocycles. The largest absolute Gasteiger partial charge is 0.460 e. The quantitative estimate of drug-likeness (QED) is 0.148. The van der Waals surface area contributed by atoms with Gasteiger partial charge in [-0.15, -0.1) is 0 Å². The molecule has 202 valence electrons. The highest BCUT2D eigenvalue weighted by Gasteiger charge is 2.11. The van der Waals surface area contributed by atoms with Gasteiger partial charge in [0.1, 0.15) is 40.8 Å². The molecule has 10 heteroatoms. The summed E-state index contributed by atoms with van der Waals surface area (Å²) in [6, 6.07) is 19.7. The van der Waals surface area contributed by atoms with Crippen molar-refractivity contribution in [2.75, 3.05) is 25.5 Å². The van der Waals surface area contributed by atoms with Gasteiger partial charge in [0.15, 0.2) is 0 Å². The maximum Gasteiger partial charge on any atom is 0.141 e. The van der Waals surface area contributed by atoms with Crippen LogP contribution in [0.15, 0.2) is 90.0 Å². The Kier molecular flexibility index (Phi) is 7.11. The first-order valence-corrected chi connectivity index (χ1v) is 12.9. The maximum atomic E-state index is 9.25. The summed E-state index contributed by atoms with van der Waals surface area (Å²) in [6.07, 6.45) is 7.14. The van der Waals surface area contributed by atoms with Gasteiger partial charge in [-0.1, -0.05) is 0 Å². The number of benzene rings is 2. The van der Waals surface area contributed by atoms with E-state index < -0.39 is 0 Å². The number of hydrogen-bond donors (Lipinski definition) is 3. The predicted octanol–water partition coefficient (Wildman–Crippen LogP) is 5.79. The number of furan rings is 1. The van der Waals surface area contributed by atoms with Crippen molar-refractivity contribution in [2.45, 2.75) is 13.5 Å². The van der Waals surface area contributed by atoms with Gasteiger partial charge in [0.25, 0.3) is 0 Å². The number of pyridine rings is 1. The summed E-state index contributed by atoms with van der Waals surface area (Å²) >= 11 is 0. The molecule has 40 heavy (non-hydrogen) atoms. The first-order valence-electron chi connectivity index (χ1n) is 12.9. The fourth-order valence-corrected chi connectivity index (χ4v) is 4.45. The Hall–Kier alpha value is -4.77. The van der Waals surface area contributed by atoms with Crippen LogP contribution < -0.4 is 15.4 Å². The van der Waals surface area contributed by atoms with E-state index in [0.717, 1.165) is 61.4 Å². The molecule has 3 N–H and O–H groups in total. The lowest BCUT2D eigenvalue weighted by molar-refractivity contribution is -0.0631. The topological polar surface area (TPSA) is 113 Å². The Bertz CT molecular complexity index is 1780. The average molecular weight is 536 g/mol. The number of aryl methyl sites for hydroxylation is 1. The van der Waals surface area contributed by atoms with Gasteiger partial charge in [-0.2, -0.15) is 5.06 Å². The van der Waals surface area contributed by atoms with Gasteiger partial charge in [-0.3, -0.25) is 0 Å². The van der Waals surface area contributed by atoms with Crippen LogP contribution in [0, 0.1) is 6.92 Å². The second-order valence-electron chi connectivity index (χ2n) is 9.54. The Morgan fingerprint density at radius 1 is 1.00 bits per heavy atom. The third-order valence-electron chi connectivity index (χ3n) is 6.53. The smallest absolute Gasteiger partial charge is 0.141 e. The van der Waals surface area contributed by atoms with E-state index in [4.69, 9.17) is 9.15 Å². The summed E-state index contributed by atoms with van der Waals surface area (Å²) in [7, 11) is 1.62. The van der Waals surface area contributed by atoms with E-state index in [1.54, 1.807) is 19.6 Å². The van der Waals surface area contributed by atoms with Crippen molar-refractivity contribution < 1.29 is 14.4 Å². The number of imidazole rings is 1. The zero-order valence-corrected chi connectivity index (χ0v) is 22.2. The number of hydrogen-bond acceptors (Lipinski definition) is 9. The van der Waals surface area contributed by atoms with E-state index in [-0.39, 0.29) is 0 Å². The van der Waals surface area contributed by atoms with E-state index in [9.17, 15) is 5.21 Å². The number of rotatable bonds is 10. The van der Waals surface area contributed by atoms with Crippen molar-refractivity contribution in [1.29, 1.82) is 0 Å². The predicted molar refractivity (Wildman–Crippen MR) is 153 cm³/mol. The number of anilines is 2. The second-order valence-corrected chi connectivity index (χ2v) is 9.54. The Balaban J connectivity index is 1.19. The lowest BCUT2D eigenvalue weighted by Crippen LogP contribution is -2.26. The number of nitrogens with one attached hydrogen (secondary N) is 2. The molecule has 6 aromatic rings. The summed E-state index contributed by atoms with van der Waals surface area (Å²) < 4.78 is 14.1. The van der Waals surface area contributed by atoms with Crippen molar-refractivity contribution in [3.05, 3.63) is 96.9 Å². The van der Waals surface area contributed by atoms with Gasteiger partial charge >= 0.3 is 0 Å². The molecule has 0 radical (unpaired) electrons. The molecule has 0 aliphatic heterocycles. The van der Waals surface area contributed by atoms with Crippen molar-refractivity contribution >= 4 is 28.1 Å². The summed E-state index contributed by atoms with van der Waals surface area (Å²) in [5.74, 6) is 3.78. The molecule has 0 saturated heterocycles. The molecule has 4 heterocycles. The number of aromatic nitrogens is 4. The van der Waals surface area contributed by atoms with Gasteiger partial charge < -0.3 is 29.4 Å². The lowest BCUT2D eigenvalue weighted by atomic mass is 10.1. The molecular weight excluding hydrogens is 506 g/mol. The standard InChI is InChI=1S/C30H29N7O3/c1-20-15-22(4-7-27(20)39-23-9-12-37-14-11-32-29(37)17-23)35-30-25-16-21(3-6-26(25)33-19-34-30)28-8-5-24(40-28)18-31-10-13-36(2)38/h3-9,11-12,14-17,19,31,38H,10,13,18H2,1-2H3,(H,33,34,35). The van der Waals surface area contributed by atoms with Gasteiger partial charge in [0.05, 0.1) is 12.1 Å². The first-order chi connectivity index (χ1) is 19.5. The van der Waals surface area contributed by atoms with Crippen molar-refractivity contribution in [1.82, 2.24) is 29.7 Å². The van der Waals surface area contributed by atoms with E-state index in [1.807, 2.05) is 84.4 Å². The average Bonchev–Trinajstić information content (AvgIpc) is 3.62. The third-order valence-corrected chi connectivity index (χ3v) is 6.53. The van der Waals surface area contributed by atoms with Crippen molar-refractivity contribution in [3.8, 4) is 22.8 Å². The van der Waals surface area contributed by atoms with Crippen LogP contribution in [0.25, 0.3) is 27.9 Å². The Morgan fingerprint density at radius 2 is 1.93 bits per heavy atom. The Morgan fingerprint density at radius 3 is 2.80 bits per heavy atom. The van der Waals surface area contributed by atoms with Crippen LogP contribution in [0.1, 0.15) is 11.3 Å². The minimum absolute atomic E-state index is 0.533. The number of ether oxygens (including phenoxy) is 1. The molecule has 2 aromatic carbocycles. The summed E-state index contributed by atoms with van der Waals surface area (Å²) in [5, 5.41) is 18.0. The molecule has 10 nitrogen and oxygen atoms in total. The zero-order valence-electron chi connectivity index (χ0n) is 22.2. The second kappa shape index (κ2) is 11.1. The number of hydroxylamine groups is 2. The normalized spacial score (nSPS) is 11.5. The van der Waals surface area contributed by atoms with E-state index in [0.29, 0.717) is 25.5 Å². The molecule has 0 bridgehead atoms. The highest BCUT2D eigenvalue weighted by Crippen LogP contribution is 2.32. The molecule has 0 unspecified atom stereocenters. The van der Waals surface area contributed by atoms with Crippen LogP contribution in [0.4, 0.5) is 11.5 Å². The van der Waals surface area contributed by atoms with Crippen LogP contribution in [0.2, 0.25) is 0 Å². The zero-order chi connectivity index (χ0) is 27.5. The minimum atomic E-state index is 0.533. The highest BCUT2D eigenvalue weighted by molar-refractivity contribution is 5.93. The van der Waals surface area contributed by atoms with Crippen LogP contribution in [0.5, 0.6) is 11.5 Å². The maximum absolute atomic E-state index is 9.25. The van der Waals surface area contributed by atoms with E-state index >= 15 is 0 Å². The molecule has 0 spiro atoms. The Labute approximate surface area is 230 Å². The van der Waals surface area contributed by atoms with Gasteiger partial charge in [-0.05, 0) is 67.1 Å². The molecular formula is C30H29N7O3. The summed E-state index contributed by atoms with van der Waals surface area (Å²) in [6.45, 7) is 3.77. The number of nitrogens with zero attached hydrogens (tertiary/aromatic N) is 5. The van der Waals surface area contributed by atoms with Gasteiger partial charge in [0, 0.05) is 61.4 Å². The molecule has 0 aliphatic carbocycles. The number of likely N-dealkylation sites (N-methyl/N-ethyl adjacent to an activating group) is 1. The summed E-state index contributed by atoms with van der Waals surface area (Å²) in [5.41, 5.74) is 4.46. The molecule has 6 rings (SSSR count). The van der Waals surface area contributed by atoms with Crippen LogP contribution >= 0.6 is 0 Å². The molecule has 0 atom stereocenters. The fourth-order valence-electron chi connectivity index (χ4n) is 4.45. The molecule has 0 amide bonds. The lowest BCUT2D eigenvalue weighted by Gasteiger charge is -2.13. The monoisotopic (exact) mass is 535 g/mol. The SMILES string of the molecule is Cc1cc(Nc2ncnc3ccc(-c4ccc(CNCCN(C)O)o4)cc23)ccc1Oc1ccn2ccnc2c1. The van der Waals surface area contributed by atoms with E-state index in [1.165, 1.54) is 0 Å². The minimum Gasteiger partial charge on any atom is -0.460 e. The van der Waals surface area contributed by atoms with Crippen LogP contribution in [0.3, 0.4) is 0 Å². The van der Waals surface area contributed by atoms with Gasteiger partial charge in [0.2, 0.25) is 0 Å². The van der Waals surface area contributed by atoms with E-state index in [2.05, 4.69) is 25.6 Å². The molecule has 0 fully saturated rings.